The Kier molecular flexibility index (Phi) is 6.52. The number of amides is 1. The summed E-state index contributed by atoms with van der Waals surface area (Å²) in [5.74, 6) is -0.659. The molecule has 2 heterocycles. The van der Waals surface area contributed by atoms with Crippen LogP contribution in [-0.4, -0.2) is 36.8 Å². The minimum atomic E-state index is -3.56. The van der Waals surface area contributed by atoms with E-state index in [9.17, 15) is 13.2 Å². The van der Waals surface area contributed by atoms with Gasteiger partial charge in [0.05, 0.1) is 28.1 Å². The van der Waals surface area contributed by atoms with E-state index in [1.54, 1.807) is 13.0 Å². The molecule has 0 aliphatic carbocycles. The van der Waals surface area contributed by atoms with E-state index in [1.807, 2.05) is 61.5 Å². The number of sulfonamides is 1. The summed E-state index contributed by atoms with van der Waals surface area (Å²) in [6, 6.07) is 18.7. The number of rotatable bonds is 8. The fourth-order valence-electron chi connectivity index (χ4n) is 3.40. The van der Waals surface area contributed by atoms with E-state index in [0.29, 0.717) is 22.3 Å². The van der Waals surface area contributed by atoms with Crippen molar-refractivity contribution in [1.29, 1.82) is 0 Å². The van der Waals surface area contributed by atoms with E-state index in [-0.39, 0.29) is 24.6 Å². The Balaban J connectivity index is 1.48. The molecule has 0 aliphatic heterocycles. The average molecular weight is 465 g/mol. The summed E-state index contributed by atoms with van der Waals surface area (Å²) in [5.41, 5.74) is 4.50. The standard InChI is InChI=1S/C24H24N4O4S/c1-16-8-10-19(11-9-16)21-14-20(22-17(2)28-32-24(22)27-21)23(29)25-12-13-33(30,31)26-15-18-6-4-3-5-7-18/h3-11,14,26H,12-13,15H2,1-2H3,(H,25,29). The van der Waals surface area contributed by atoms with Gasteiger partial charge in [0.1, 0.15) is 0 Å². The van der Waals surface area contributed by atoms with Gasteiger partial charge in [0.25, 0.3) is 11.6 Å². The summed E-state index contributed by atoms with van der Waals surface area (Å²) >= 11 is 0. The van der Waals surface area contributed by atoms with Gasteiger partial charge in [0, 0.05) is 18.7 Å². The zero-order chi connectivity index (χ0) is 23.4. The first kappa shape index (κ1) is 22.6. The van der Waals surface area contributed by atoms with Crippen LogP contribution >= 0.6 is 0 Å². The lowest BCUT2D eigenvalue weighted by Crippen LogP contribution is -2.34. The molecule has 0 saturated heterocycles. The van der Waals surface area contributed by atoms with E-state index >= 15 is 0 Å². The normalized spacial score (nSPS) is 11.6. The van der Waals surface area contributed by atoms with Gasteiger partial charge in [-0.3, -0.25) is 4.79 Å². The quantitative estimate of drug-likeness (QED) is 0.413. The Bertz CT molecular complexity index is 1380. The Labute approximate surface area is 192 Å². The van der Waals surface area contributed by atoms with Gasteiger partial charge in [-0.2, -0.15) is 0 Å². The lowest BCUT2D eigenvalue weighted by Gasteiger charge is -2.10. The minimum absolute atomic E-state index is 0.0447. The van der Waals surface area contributed by atoms with Crippen LogP contribution in [0.4, 0.5) is 0 Å². The van der Waals surface area contributed by atoms with Crippen molar-refractivity contribution in [3.63, 3.8) is 0 Å². The van der Waals surface area contributed by atoms with Gasteiger partial charge in [-0.25, -0.2) is 18.1 Å². The zero-order valence-electron chi connectivity index (χ0n) is 18.3. The Hall–Kier alpha value is -3.56. The highest BCUT2D eigenvalue weighted by molar-refractivity contribution is 7.89. The Morgan fingerprint density at radius 3 is 2.48 bits per heavy atom. The third-order valence-corrected chi connectivity index (χ3v) is 6.53. The molecule has 170 valence electrons. The van der Waals surface area contributed by atoms with Crippen LogP contribution in [0.1, 0.15) is 27.2 Å². The molecular weight excluding hydrogens is 440 g/mol. The molecule has 0 spiro atoms. The van der Waals surface area contributed by atoms with Gasteiger partial charge >= 0.3 is 0 Å². The van der Waals surface area contributed by atoms with Crippen LogP contribution in [0.15, 0.2) is 65.2 Å². The molecule has 2 N–H and O–H groups in total. The molecule has 4 aromatic rings. The first-order valence-corrected chi connectivity index (χ1v) is 12.1. The summed E-state index contributed by atoms with van der Waals surface area (Å²) in [4.78, 5) is 17.5. The number of nitrogens with one attached hydrogen (secondary N) is 2. The molecular formula is C24H24N4O4S. The van der Waals surface area contributed by atoms with E-state index in [2.05, 4.69) is 20.2 Å². The number of nitrogens with zero attached hydrogens (tertiary/aromatic N) is 2. The predicted octanol–water partition coefficient (Wildman–Crippen LogP) is 3.36. The maximum Gasteiger partial charge on any atom is 0.259 e. The van der Waals surface area contributed by atoms with Crippen LogP contribution in [0.2, 0.25) is 0 Å². The summed E-state index contributed by atoms with van der Waals surface area (Å²) in [6.07, 6.45) is 0. The number of pyridine rings is 1. The molecule has 2 aromatic heterocycles. The highest BCUT2D eigenvalue weighted by atomic mass is 32.2. The van der Waals surface area contributed by atoms with E-state index < -0.39 is 15.9 Å². The van der Waals surface area contributed by atoms with Crippen LogP contribution < -0.4 is 10.0 Å². The van der Waals surface area contributed by atoms with Crippen LogP contribution in [-0.2, 0) is 16.6 Å². The second-order valence-corrected chi connectivity index (χ2v) is 9.68. The molecule has 1 amide bonds. The number of benzene rings is 2. The number of hydrogen-bond acceptors (Lipinski definition) is 6. The van der Waals surface area contributed by atoms with Crippen LogP contribution in [0, 0.1) is 13.8 Å². The number of carbonyl (C=O) groups excluding carboxylic acids is 1. The Morgan fingerprint density at radius 1 is 1.03 bits per heavy atom. The van der Waals surface area contributed by atoms with Gasteiger partial charge in [-0.15, -0.1) is 0 Å². The third kappa shape index (κ3) is 5.44. The number of fused-ring (bicyclic) bond motifs is 1. The molecule has 2 aromatic carbocycles. The molecule has 9 heteroatoms. The van der Waals surface area contributed by atoms with Gasteiger partial charge in [0.2, 0.25) is 10.0 Å². The van der Waals surface area contributed by atoms with Crippen molar-refractivity contribution >= 4 is 27.0 Å². The average Bonchev–Trinajstić information content (AvgIpc) is 3.19. The van der Waals surface area contributed by atoms with Gasteiger partial charge in [-0.05, 0) is 25.5 Å². The Morgan fingerprint density at radius 2 is 1.76 bits per heavy atom. The smallest absolute Gasteiger partial charge is 0.259 e. The lowest BCUT2D eigenvalue weighted by molar-refractivity contribution is 0.0957. The third-order valence-electron chi connectivity index (χ3n) is 5.20. The molecule has 0 fully saturated rings. The van der Waals surface area contributed by atoms with Crippen molar-refractivity contribution in [2.24, 2.45) is 0 Å². The summed E-state index contributed by atoms with van der Waals surface area (Å²) < 4.78 is 32.5. The van der Waals surface area contributed by atoms with Crippen molar-refractivity contribution in [2.75, 3.05) is 12.3 Å². The highest BCUT2D eigenvalue weighted by Gasteiger charge is 2.20. The van der Waals surface area contributed by atoms with Crippen molar-refractivity contribution in [3.8, 4) is 11.3 Å². The molecule has 4 rings (SSSR count). The van der Waals surface area contributed by atoms with E-state index in [4.69, 9.17) is 4.52 Å². The number of aryl methyl sites for hydroxylation is 2. The molecule has 0 saturated carbocycles. The summed E-state index contributed by atoms with van der Waals surface area (Å²) in [6.45, 7) is 3.87. The SMILES string of the molecule is Cc1ccc(-c2cc(C(=O)NCCS(=O)(=O)NCc3ccccc3)c3c(C)noc3n2)cc1. The fraction of sp³-hybridized carbons (Fsp3) is 0.208. The fourth-order valence-corrected chi connectivity index (χ4v) is 4.30. The molecule has 8 nitrogen and oxygen atoms in total. The largest absolute Gasteiger partial charge is 0.351 e. The van der Waals surface area contributed by atoms with Crippen LogP contribution in [0.25, 0.3) is 22.4 Å². The highest BCUT2D eigenvalue weighted by Crippen LogP contribution is 2.27. The minimum Gasteiger partial charge on any atom is -0.351 e. The van der Waals surface area contributed by atoms with Gasteiger partial charge < -0.3 is 9.84 Å². The monoisotopic (exact) mass is 464 g/mol. The van der Waals surface area contributed by atoms with Crippen molar-refractivity contribution in [1.82, 2.24) is 20.2 Å². The van der Waals surface area contributed by atoms with Crippen molar-refractivity contribution in [3.05, 3.63) is 83.0 Å². The number of carbonyl (C=O) groups is 1. The van der Waals surface area contributed by atoms with Crippen LogP contribution in [0.5, 0.6) is 0 Å². The lowest BCUT2D eigenvalue weighted by atomic mass is 10.0. The van der Waals surface area contributed by atoms with Crippen LogP contribution in [0.3, 0.4) is 0 Å². The van der Waals surface area contributed by atoms with Gasteiger partial charge in [-0.1, -0.05) is 65.3 Å². The number of hydrogen-bond donors (Lipinski definition) is 2. The summed E-state index contributed by atoms with van der Waals surface area (Å²) in [5, 5.41) is 7.14. The maximum absolute atomic E-state index is 13.0. The molecule has 0 unspecified atom stereocenters. The predicted molar refractivity (Wildman–Crippen MR) is 126 cm³/mol. The molecule has 0 atom stereocenters. The van der Waals surface area contributed by atoms with Crippen molar-refractivity contribution < 1.29 is 17.7 Å². The maximum atomic E-state index is 13.0. The zero-order valence-corrected chi connectivity index (χ0v) is 19.1. The summed E-state index contributed by atoms with van der Waals surface area (Å²) in [7, 11) is -3.56. The second kappa shape index (κ2) is 9.51. The molecule has 0 radical (unpaired) electrons. The van der Waals surface area contributed by atoms with E-state index in [1.165, 1.54) is 0 Å². The second-order valence-electron chi connectivity index (χ2n) is 7.75. The molecule has 33 heavy (non-hydrogen) atoms. The topological polar surface area (TPSA) is 114 Å². The van der Waals surface area contributed by atoms with E-state index in [0.717, 1.165) is 16.7 Å². The first-order chi connectivity index (χ1) is 15.8. The van der Waals surface area contributed by atoms with Gasteiger partial charge in [0.15, 0.2) is 0 Å². The molecule has 0 aliphatic rings. The number of aromatic nitrogens is 2. The molecule has 0 bridgehead atoms. The van der Waals surface area contributed by atoms with Crippen molar-refractivity contribution in [2.45, 2.75) is 20.4 Å². The first-order valence-electron chi connectivity index (χ1n) is 10.5.